The number of aliphatic carboxylic acids is 1. The van der Waals surface area contributed by atoms with Crippen LogP contribution in [0.15, 0.2) is 0 Å². The maximum absolute atomic E-state index is 8.89. The molecule has 0 radical (unpaired) electrons. The molecular weight excluding hydrogens is 158 g/mol. The molecule has 0 aromatic heterocycles. The summed E-state index contributed by atoms with van der Waals surface area (Å²) >= 11 is 0. The highest BCUT2D eigenvalue weighted by atomic mass is 16.5. The number of hydrogen-bond acceptors (Lipinski definition) is 3. The van der Waals surface area contributed by atoms with Crippen molar-refractivity contribution in [1.29, 1.82) is 0 Å². The molecule has 0 amide bonds. The van der Waals surface area contributed by atoms with E-state index in [1.165, 1.54) is 0 Å². The van der Waals surface area contributed by atoms with E-state index in [1.807, 2.05) is 0 Å². The fourth-order valence-electron chi connectivity index (χ4n) is 0.365. The van der Waals surface area contributed by atoms with E-state index < -0.39 is 5.97 Å². The van der Waals surface area contributed by atoms with Gasteiger partial charge in [-0.2, -0.15) is 0 Å². The Hall–Kier alpha value is -0.610. The molecule has 0 spiro atoms. The van der Waals surface area contributed by atoms with Gasteiger partial charge in [-0.25, -0.2) is 0 Å². The summed E-state index contributed by atoms with van der Waals surface area (Å²) in [5.41, 5.74) is 0. The summed E-state index contributed by atoms with van der Waals surface area (Å²) in [7, 11) is 8.19. The van der Waals surface area contributed by atoms with Gasteiger partial charge in [-0.15, -0.1) is 0 Å². The van der Waals surface area contributed by atoms with Crippen LogP contribution < -0.4 is 5.11 Å². The van der Waals surface area contributed by atoms with Crippen LogP contribution in [0, 0.1) is 0 Å². The molecule has 0 saturated heterocycles. The van der Waals surface area contributed by atoms with Gasteiger partial charge in [0.25, 0.3) is 0 Å². The smallest absolute Gasteiger partial charge is 0.102 e. The van der Waals surface area contributed by atoms with Crippen LogP contribution in [0.3, 0.4) is 0 Å². The number of quaternary nitrogens is 1. The first-order valence-electron chi connectivity index (χ1n) is 3.76. The van der Waals surface area contributed by atoms with E-state index >= 15 is 0 Å². The molecule has 0 aromatic rings. The summed E-state index contributed by atoms with van der Waals surface area (Å²) in [5, 5.41) is 8.89. The summed E-state index contributed by atoms with van der Waals surface area (Å²) in [4.78, 5) is 8.89. The molecule has 0 atom stereocenters. The second kappa shape index (κ2) is 7.06. The molecule has 0 unspecified atom stereocenters. The summed E-state index contributed by atoms with van der Waals surface area (Å²) in [6, 6.07) is 0. The van der Waals surface area contributed by atoms with Crippen LogP contribution >= 0.6 is 0 Å². The van der Waals surface area contributed by atoms with Crippen LogP contribution in [0.4, 0.5) is 0 Å². The fourth-order valence-corrected chi connectivity index (χ4v) is 0.365. The maximum Gasteiger partial charge on any atom is 0.102 e. The summed E-state index contributed by atoms with van der Waals surface area (Å²) in [5.74, 6) is -1.08. The lowest BCUT2D eigenvalue weighted by Gasteiger charge is -2.22. The van der Waals surface area contributed by atoms with Crippen LogP contribution in [-0.2, 0) is 9.53 Å². The molecule has 0 saturated carbocycles. The number of carboxylic acid groups (broad SMARTS) is 1. The van der Waals surface area contributed by atoms with Crippen LogP contribution in [0.1, 0.15) is 6.92 Å². The van der Waals surface area contributed by atoms with Gasteiger partial charge >= 0.3 is 0 Å². The van der Waals surface area contributed by atoms with Crippen molar-refractivity contribution in [1.82, 2.24) is 0 Å². The predicted octanol–water partition coefficient (Wildman–Crippen LogP) is -0.905. The number of rotatable bonds is 3. The third-order valence-electron chi connectivity index (χ3n) is 0.966. The van der Waals surface area contributed by atoms with Crippen molar-refractivity contribution in [3.8, 4) is 0 Å². The van der Waals surface area contributed by atoms with Gasteiger partial charge in [-0.3, -0.25) is 0 Å². The monoisotopic (exact) mass is 177 g/mol. The molecular formula is C8H19NO3. The maximum atomic E-state index is 8.89. The zero-order valence-corrected chi connectivity index (χ0v) is 8.59. The number of nitrogens with zero attached hydrogens (tertiary/aromatic N) is 1. The normalized spacial score (nSPS) is 10.1. The van der Waals surface area contributed by atoms with Crippen LogP contribution in [0.25, 0.3) is 0 Å². The average Bonchev–Trinajstić information content (AvgIpc) is 1.80. The Morgan fingerprint density at radius 1 is 1.42 bits per heavy atom. The third-order valence-corrected chi connectivity index (χ3v) is 0.966. The van der Waals surface area contributed by atoms with Crippen LogP contribution in [0.2, 0.25) is 0 Å². The highest BCUT2D eigenvalue weighted by molar-refractivity contribution is 5.60. The van der Waals surface area contributed by atoms with E-state index in [9.17, 15) is 0 Å². The molecule has 0 aliphatic heterocycles. The van der Waals surface area contributed by atoms with E-state index in [0.717, 1.165) is 24.6 Å². The number of likely N-dealkylation sites (N-methyl/N-ethyl adjacent to an activating group) is 1. The number of carboxylic acids is 1. The number of methoxy groups -OCH3 is 1. The molecule has 0 N–H and O–H groups in total. The van der Waals surface area contributed by atoms with Crippen LogP contribution in [0.5, 0.6) is 0 Å². The molecule has 0 fully saturated rings. The first kappa shape index (κ1) is 13.9. The number of carbonyl (C=O) groups excluding carboxylic acids is 1. The molecule has 0 aliphatic rings. The van der Waals surface area contributed by atoms with Crippen molar-refractivity contribution in [3.05, 3.63) is 0 Å². The Morgan fingerprint density at radius 3 is 1.83 bits per heavy atom. The first-order valence-corrected chi connectivity index (χ1v) is 3.76. The van der Waals surface area contributed by atoms with Crippen molar-refractivity contribution >= 4 is 5.97 Å². The predicted molar refractivity (Wildman–Crippen MR) is 45.5 cm³/mol. The first-order chi connectivity index (χ1) is 5.29. The Balaban J connectivity index is 0. The fraction of sp³-hybridized carbons (Fsp3) is 0.875. The second-order valence-corrected chi connectivity index (χ2v) is 3.50. The quantitative estimate of drug-likeness (QED) is 0.525. The van der Waals surface area contributed by atoms with Crippen LogP contribution in [-0.4, -0.2) is 51.9 Å². The number of hydrogen-bond donors (Lipinski definition) is 0. The van der Waals surface area contributed by atoms with Crippen molar-refractivity contribution in [2.24, 2.45) is 0 Å². The standard InChI is InChI=1S/C6H16NO.C2H4O2/c1-7(2,3)5-6-8-4;1-2(3)4/h5-6H2,1-4H3;1H3,(H,3,4)/q+1;/p-1. The second-order valence-electron chi connectivity index (χ2n) is 3.50. The molecule has 4 heteroatoms. The largest absolute Gasteiger partial charge is 0.550 e. The van der Waals surface area contributed by atoms with E-state index in [1.54, 1.807) is 7.11 Å². The van der Waals surface area contributed by atoms with Gasteiger partial charge in [0, 0.05) is 13.1 Å². The van der Waals surface area contributed by atoms with Crippen molar-refractivity contribution in [3.63, 3.8) is 0 Å². The van der Waals surface area contributed by atoms with Crippen molar-refractivity contribution < 1.29 is 19.1 Å². The van der Waals surface area contributed by atoms with E-state index in [-0.39, 0.29) is 0 Å². The molecule has 12 heavy (non-hydrogen) atoms. The minimum Gasteiger partial charge on any atom is -0.550 e. The van der Waals surface area contributed by atoms with Gasteiger partial charge < -0.3 is 19.1 Å². The molecule has 74 valence electrons. The molecule has 0 heterocycles. The van der Waals surface area contributed by atoms with Gasteiger partial charge in [0.15, 0.2) is 0 Å². The summed E-state index contributed by atoms with van der Waals surface area (Å²) in [6.07, 6.45) is 0. The van der Waals surface area contributed by atoms with Crippen molar-refractivity contribution in [2.45, 2.75) is 6.92 Å². The Kier molecular flexibility index (Phi) is 8.21. The van der Waals surface area contributed by atoms with Crippen molar-refractivity contribution in [2.75, 3.05) is 41.4 Å². The van der Waals surface area contributed by atoms with Gasteiger partial charge in [-0.05, 0) is 6.92 Å². The minimum absolute atomic E-state index is 0.851. The van der Waals surface area contributed by atoms with E-state index in [4.69, 9.17) is 14.6 Å². The van der Waals surface area contributed by atoms with Gasteiger partial charge in [0.05, 0.1) is 27.7 Å². The number of ether oxygens (including phenoxy) is 1. The molecule has 0 bridgehead atoms. The zero-order chi connectivity index (χ0) is 10.2. The Morgan fingerprint density at radius 2 is 1.75 bits per heavy atom. The number of carbonyl (C=O) groups is 1. The van der Waals surface area contributed by atoms with E-state index in [2.05, 4.69) is 21.1 Å². The minimum atomic E-state index is -1.08. The Bertz CT molecular complexity index is 114. The highest BCUT2D eigenvalue weighted by Crippen LogP contribution is 1.87. The Labute approximate surface area is 74.3 Å². The molecule has 0 aliphatic carbocycles. The summed E-state index contributed by atoms with van der Waals surface area (Å²) in [6.45, 7) is 2.90. The summed E-state index contributed by atoms with van der Waals surface area (Å²) < 4.78 is 5.88. The molecule has 4 nitrogen and oxygen atoms in total. The van der Waals surface area contributed by atoms with Gasteiger partial charge in [0.2, 0.25) is 0 Å². The lowest BCUT2D eigenvalue weighted by atomic mass is 10.5. The lowest BCUT2D eigenvalue weighted by molar-refractivity contribution is -0.870. The van der Waals surface area contributed by atoms with E-state index in [0.29, 0.717) is 0 Å². The third kappa shape index (κ3) is 34.3. The van der Waals surface area contributed by atoms with Gasteiger partial charge in [0.1, 0.15) is 6.54 Å². The van der Waals surface area contributed by atoms with Gasteiger partial charge in [-0.1, -0.05) is 0 Å². The lowest BCUT2D eigenvalue weighted by Crippen LogP contribution is -2.37. The highest BCUT2D eigenvalue weighted by Gasteiger charge is 2.03. The molecule has 0 rings (SSSR count). The average molecular weight is 177 g/mol. The topological polar surface area (TPSA) is 49.4 Å². The zero-order valence-electron chi connectivity index (χ0n) is 8.59. The molecule has 0 aromatic carbocycles. The SMILES string of the molecule is CC(=O)[O-].COCC[N+](C)(C)C.